The van der Waals surface area contributed by atoms with E-state index in [1.807, 2.05) is 0 Å². The summed E-state index contributed by atoms with van der Waals surface area (Å²) in [5.41, 5.74) is 0.279. The maximum Gasteiger partial charge on any atom is 0.257 e. The Morgan fingerprint density at radius 3 is 2.88 bits per heavy atom. The molecule has 0 aliphatic carbocycles. The minimum absolute atomic E-state index is 0.0893. The van der Waals surface area contributed by atoms with E-state index in [4.69, 9.17) is 11.6 Å². The number of rotatable bonds is 6. The lowest BCUT2D eigenvalue weighted by Gasteiger charge is -2.21. The number of alkyl halides is 1. The number of aromatic hydroxyl groups is 1. The van der Waals surface area contributed by atoms with E-state index in [1.54, 1.807) is 4.90 Å². The zero-order valence-corrected chi connectivity index (χ0v) is 10.7. The Labute approximate surface area is 106 Å². The molecule has 0 radical (unpaired) electrons. The van der Waals surface area contributed by atoms with Crippen LogP contribution in [0.5, 0.6) is 5.75 Å². The molecule has 1 aromatic heterocycles. The maximum atomic E-state index is 12.1. The Morgan fingerprint density at radius 2 is 2.29 bits per heavy atom. The highest BCUT2D eigenvalue weighted by Gasteiger charge is 2.17. The number of hydrogen-bond acceptors (Lipinski definition) is 3. The molecule has 0 saturated heterocycles. The minimum atomic E-state index is -0.195. The lowest BCUT2D eigenvalue weighted by atomic mass is 10.2. The molecule has 0 aliphatic rings. The monoisotopic (exact) mass is 256 g/mol. The van der Waals surface area contributed by atoms with Crippen molar-refractivity contribution in [3.05, 3.63) is 24.0 Å². The summed E-state index contributed by atoms with van der Waals surface area (Å²) in [6, 6.07) is 1.52. The number of halogens is 1. The van der Waals surface area contributed by atoms with E-state index in [0.29, 0.717) is 19.0 Å². The van der Waals surface area contributed by atoms with Crippen molar-refractivity contribution in [2.45, 2.75) is 19.8 Å². The molecule has 17 heavy (non-hydrogen) atoms. The van der Waals surface area contributed by atoms with E-state index in [2.05, 4.69) is 11.9 Å². The van der Waals surface area contributed by atoms with Gasteiger partial charge < -0.3 is 10.0 Å². The van der Waals surface area contributed by atoms with Crippen LogP contribution in [0.15, 0.2) is 18.5 Å². The lowest BCUT2D eigenvalue weighted by molar-refractivity contribution is 0.0760. The van der Waals surface area contributed by atoms with Crippen molar-refractivity contribution in [1.82, 2.24) is 9.88 Å². The summed E-state index contributed by atoms with van der Waals surface area (Å²) < 4.78 is 0. The molecule has 1 N–H and O–H groups in total. The largest absolute Gasteiger partial charge is 0.505 e. The van der Waals surface area contributed by atoms with Gasteiger partial charge in [0.05, 0.1) is 11.8 Å². The van der Waals surface area contributed by atoms with Crippen molar-refractivity contribution in [1.29, 1.82) is 0 Å². The Kier molecular flexibility index (Phi) is 5.77. The summed E-state index contributed by atoms with van der Waals surface area (Å²) in [7, 11) is 0. The van der Waals surface area contributed by atoms with Crippen molar-refractivity contribution in [3.63, 3.8) is 0 Å². The first-order valence-corrected chi connectivity index (χ1v) is 6.22. The molecule has 4 nitrogen and oxygen atoms in total. The normalized spacial score (nSPS) is 10.2. The fourth-order valence-corrected chi connectivity index (χ4v) is 1.71. The maximum absolute atomic E-state index is 12.1. The van der Waals surface area contributed by atoms with Crippen LogP contribution in [-0.2, 0) is 0 Å². The van der Waals surface area contributed by atoms with E-state index in [0.717, 1.165) is 12.8 Å². The van der Waals surface area contributed by atoms with Crippen molar-refractivity contribution in [2.24, 2.45) is 0 Å². The molecule has 5 heteroatoms. The minimum Gasteiger partial charge on any atom is -0.505 e. The third-order valence-corrected chi connectivity index (χ3v) is 2.62. The second-order valence-corrected chi connectivity index (χ2v) is 4.11. The van der Waals surface area contributed by atoms with Crippen LogP contribution in [0.1, 0.15) is 30.1 Å². The number of aromatic nitrogens is 1. The number of nitrogens with zero attached hydrogens (tertiary/aromatic N) is 2. The predicted octanol–water partition coefficient (Wildman–Crippen LogP) is 2.27. The van der Waals surface area contributed by atoms with Gasteiger partial charge in [0.25, 0.3) is 5.91 Å². The van der Waals surface area contributed by atoms with Crippen molar-refractivity contribution in [2.75, 3.05) is 19.0 Å². The molecular formula is C12H17ClN2O2. The zero-order chi connectivity index (χ0) is 12.7. The standard InChI is InChI=1S/C12H17ClN2O2/c1-2-3-7-15(8-5-13)12(17)10-4-6-14-9-11(10)16/h4,6,9,16H,2-3,5,7-8H2,1H3. The first-order valence-electron chi connectivity index (χ1n) is 5.69. The number of carbonyl (C=O) groups excluding carboxylic acids is 1. The molecule has 0 aromatic carbocycles. The van der Waals surface area contributed by atoms with Crippen molar-refractivity contribution >= 4 is 17.5 Å². The van der Waals surface area contributed by atoms with E-state index >= 15 is 0 Å². The number of pyridine rings is 1. The zero-order valence-electron chi connectivity index (χ0n) is 9.90. The van der Waals surface area contributed by atoms with Crippen molar-refractivity contribution in [3.8, 4) is 5.75 Å². The van der Waals surface area contributed by atoms with Gasteiger partial charge in [-0.05, 0) is 12.5 Å². The van der Waals surface area contributed by atoms with Gasteiger partial charge in [0.15, 0.2) is 0 Å². The smallest absolute Gasteiger partial charge is 0.257 e. The highest BCUT2D eigenvalue weighted by atomic mass is 35.5. The molecule has 1 aromatic rings. The molecule has 94 valence electrons. The summed E-state index contributed by atoms with van der Waals surface area (Å²) in [4.78, 5) is 17.5. The van der Waals surface area contributed by atoms with Gasteiger partial charge >= 0.3 is 0 Å². The average molecular weight is 257 g/mol. The van der Waals surface area contributed by atoms with Gasteiger partial charge in [-0.15, -0.1) is 11.6 Å². The third kappa shape index (κ3) is 3.89. The molecule has 1 rings (SSSR count). The van der Waals surface area contributed by atoms with Crippen LogP contribution in [0.2, 0.25) is 0 Å². The molecule has 1 heterocycles. The molecular weight excluding hydrogens is 240 g/mol. The van der Waals surface area contributed by atoms with Gasteiger partial charge in [-0.3, -0.25) is 9.78 Å². The molecule has 0 saturated carbocycles. The highest BCUT2D eigenvalue weighted by molar-refractivity contribution is 6.18. The van der Waals surface area contributed by atoms with Crippen LogP contribution in [0, 0.1) is 0 Å². The summed E-state index contributed by atoms with van der Waals surface area (Å²) in [6.45, 7) is 3.21. The predicted molar refractivity (Wildman–Crippen MR) is 67.4 cm³/mol. The second kappa shape index (κ2) is 7.12. The summed E-state index contributed by atoms with van der Waals surface area (Å²) >= 11 is 5.68. The fourth-order valence-electron chi connectivity index (χ4n) is 1.50. The van der Waals surface area contributed by atoms with Crippen LogP contribution >= 0.6 is 11.6 Å². The quantitative estimate of drug-likeness (QED) is 0.795. The number of amides is 1. The van der Waals surface area contributed by atoms with E-state index < -0.39 is 0 Å². The summed E-state index contributed by atoms with van der Waals surface area (Å²) in [6.07, 6.45) is 4.69. The van der Waals surface area contributed by atoms with Gasteiger partial charge in [-0.2, -0.15) is 0 Å². The number of hydrogen-bond donors (Lipinski definition) is 1. The molecule has 0 spiro atoms. The molecule has 0 unspecified atom stereocenters. The SMILES string of the molecule is CCCCN(CCCl)C(=O)c1ccncc1O. The van der Waals surface area contributed by atoms with Gasteiger partial charge in [-0.25, -0.2) is 0 Å². The Bertz CT molecular complexity index is 371. The van der Waals surface area contributed by atoms with Gasteiger partial charge in [-0.1, -0.05) is 13.3 Å². The Hall–Kier alpha value is -1.29. The van der Waals surface area contributed by atoms with Crippen LogP contribution < -0.4 is 0 Å². The first kappa shape index (κ1) is 13.8. The van der Waals surface area contributed by atoms with Crippen LogP contribution in [0.4, 0.5) is 0 Å². The van der Waals surface area contributed by atoms with E-state index in [-0.39, 0.29) is 17.2 Å². The van der Waals surface area contributed by atoms with Crippen LogP contribution in [-0.4, -0.2) is 39.9 Å². The molecule has 0 fully saturated rings. The molecule has 1 amide bonds. The topological polar surface area (TPSA) is 53.4 Å². The van der Waals surface area contributed by atoms with E-state index in [9.17, 15) is 9.90 Å². The lowest BCUT2D eigenvalue weighted by Crippen LogP contribution is -2.33. The van der Waals surface area contributed by atoms with Gasteiger partial charge in [0.2, 0.25) is 0 Å². The second-order valence-electron chi connectivity index (χ2n) is 3.73. The number of unbranched alkanes of at least 4 members (excludes halogenated alkanes) is 1. The third-order valence-electron chi connectivity index (χ3n) is 2.45. The molecule has 0 atom stereocenters. The summed E-state index contributed by atoms with van der Waals surface area (Å²) in [5.74, 6) is 0.106. The van der Waals surface area contributed by atoms with Gasteiger partial charge in [0, 0.05) is 25.2 Å². The molecule has 0 bridgehead atoms. The number of carbonyl (C=O) groups is 1. The van der Waals surface area contributed by atoms with Gasteiger partial charge in [0.1, 0.15) is 5.75 Å². The Balaban J connectivity index is 2.80. The Morgan fingerprint density at radius 1 is 1.53 bits per heavy atom. The average Bonchev–Trinajstić information content (AvgIpc) is 2.34. The first-order chi connectivity index (χ1) is 8.20. The van der Waals surface area contributed by atoms with Crippen LogP contribution in [0.3, 0.4) is 0 Å². The molecule has 0 aliphatic heterocycles. The highest BCUT2D eigenvalue weighted by Crippen LogP contribution is 2.16. The summed E-state index contributed by atoms with van der Waals surface area (Å²) in [5, 5.41) is 9.58. The van der Waals surface area contributed by atoms with E-state index in [1.165, 1.54) is 18.5 Å². The fraction of sp³-hybridized carbons (Fsp3) is 0.500. The van der Waals surface area contributed by atoms with Crippen molar-refractivity contribution < 1.29 is 9.90 Å². The van der Waals surface area contributed by atoms with Crippen LogP contribution in [0.25, 0.3) is 0 Å².